The van der Waals surface area contributed by atoms with E-state index in [1.54, 1.807) is 31.4 Å². The van der Waals surface area contributed by atoms with Crippen LogP contribution in [0.1, 0.15) is 17.2 Å². The monoisotopic (exact) mass is 373 g/mol. The fourth-order valence-corrected chi connectivity index (χ4v) is 2.34. The smallest absolute Gasteiger partial charge is 0.408 e. The number of methoxy groups -OCH3 is 1. The molecule has 0 aliphatic carbocycles. The number of halogens is 1. The van der Waals surface area contributed by atoms with Gasteiger partial charge in [0.1, 0.15) is 18.4 Å². The maximum Gasteiger partial charge on any atom is 0.408 e. The van der Waals surface area contributed by atoms with Crippen LogP contribution >= 0.6 is 11.6 Å². The molecule has 0 aliphatic rings. The van der Waals surface area contributed by atoms with Crippen molar-refractivity contribution in [2.75, 3.05) is 13.0 Å². The van der Waals surface area contributed by atoms with Gasteiger partial charge < -0.3 is 14.8 Å². The topological polar surface area (TPSA) is 64.6 Å². The highest BCUT2D eigenvalue weighted by atomic mass is 35.5. The summed E-state index contributed by atoms with van der Waals surface area (Å²) in [4.78, 5) is 24.6. The van der Waals surface area contributed by atoms with Crippen LogP contribution in [0, 0.1) is 0 Å². The molecule has 0 aromatic heterocycles. The fraction of sp³-hybridized carbons (Fsp3) is 0.200. The van der Waals surface area contributed by atoms with Gasteiger partial charge in [-0.15, -0.1) is 11.6 Å². The molecule has 0 unspecified atom stereocenters. The third kappa shape index (κ3) is 5.93. The van der Waals surface area contributed by atoms with E-state index in [9.17, 15) is 9.59 Å². The van der Waals surface area contributed by atoms with Gasteiger partial charge in [-0.3, -0.25) is 4.79 Å². The summed E-state index contributed by atoms with van der Waals surface area (Å²) in [5, 5.41) is 2.60. The average Bonchev–Trinajstić information content (AvgIpc) is 2.69. The number of hydrogen-bond acceptors (Lipinski definition) is 4. The van der Waals surface area contributed by atoms with E-state index in [1.165, 1.54) is 12.2 Å². The largest absolute Gasteiger partial charge is 0.497 e. The molecule has 2 aromatic carbocycles. The molecular formula is C20H20ClNO4. The third-order valence-corrected chi connectivity index (χ3v) is 3.76. The van der Waals surface area contributed by atoms with Crippen molar-refractivity contribution >= 4 is 23.5 Å². The lowest BCUT2D eigenvalue weighted by molar-refractivity contribution is -0.116. The second-order valence-corrected chi connectivity index (χ2v) is 5.68. The van der Waals surface area contributed by atoms with Crippen LogP contribution in [-0.2, 0) is 16.1 Å². The Morgan fingerprint density at radius 3 is 2.42 bits per heavy atom. The maximum absolute atomic E-state index is 12.4. The number of alkyl halides is 1. The molecule has 0 aliphatic heterocycles. The predicted octanol–water partition coefficient (Wildman–Crippen LogP) is 4.03. The van der Waals surface area contributed by atoms with Crippen LogP contribution in [0.3, 0.4) is 0 Å². The maximum atomic E-state index is 12.4. The number of carbonyl (C=O) groups is 2. The molecule has 2 aromatic rings. The van der Waals surface area contributed by atoms with Crippen molar-refractivity contribution in [3.05, 3.63) is 77.9 Å². The number of allylic oxidation sites excluding steroid dienone is 1. The molecule has 0 saturated heterocycles. The van der Waals surface area contributed by atoms with Crippen molar-refractivity contribution in [2.45, 2.75) is 12.6 Å². The first-order chi connectivity index (χ1) is 12.6. The minimum Gasteiger partial charge on any atom is -0.497 e. The van der Waals surface area contributed by atoms with Crippen LogP contribution in [0.15, 0.2) is 66.7 Å². The fourth-order valence-electron chi connectivity index (χ4n) is 2.25. The zero-order valence-electron chi connectivity index (χ0n) is 14.4. The summed E-state index contributed by atoms with van der Waals surface area (Å²) in [6, 6.07) is 15.3. The lowest BCUT2D eigenvalue weighted by atomic mass is 10.0. The van der Waals surface area contributed by atoms with Crippen molar-refractivity contribution in [3.63, 3.8) is 0 Å². The van der Waals surface area contributed by atoms with Crippen molar-refractivity contribution < 1.29 is 19.1 Å². The van der Waals surface area contributed by atoms with Crippen LogP contribution in [0.25, 0.3) is 0 Å². The number of benzene rings is 2. The van der Waals surface area contributed by atoms with E-state index in [4.69, 9.17) is 21.1 Å². The van der Waals surface area contributed by atoms with Gasteiger partial charge in [-0.1, -0.05) is 48.5 Å². The van der Waals surface area contributed by atoms with Crippen LogP contribution in [0.2, 0.25) is 0 Å². The molecule has 2 rings (SSSR count). The summed E-state index contributed by atoms with van der Waals surface area (Å²) >= 11 is 5.59. The Morgan fingerprint density at radius 2 is 1.81 bits per heavy atom. The van der Waals surface area contributed by atoms with Crippen LogP contribution < -0.4 is 10.1 Å². The molecule has 0 fully saturated rings. The van der Waals surface area contributed by atoms with E-state index >= 15 is 0 Å². The van der Waals surface area contributed by atoms with E-state index in [0.717, 1.165) is 5.56 Å². The number of carbonyl (C=O) groups excluding carboxylic acids is 2. The summed E-state index contributed by atoms with van der Waals surface area (Å²) in [6.07, 6.45) is 2.19. The van der Waals surface area contributed by atoms with Gasteiger partial charge in [0.15, 0.2) is 5.78 Å². The SMILES string of the molecule is COc1ccc([C@@H](NC(=O)OCc2ccccc2)C(=O)/C=C/CCl)cc1. The molecule has 0 bridgehead atoms. The molecule has 6 heteroatoms. The third-order valence-electron chi connectivity index (χ3n) is 3.58. The zero-order valence-corrected chi connectivity index (χ0v) is 15.1. The first-order valence-corrected chi connectivity index (χ1v) is 8.55. The number of ketones is 1. The Hall–Kier alpha value is -2.79. The van der Waals surface area contributed by atoms with E-state index < -0.39 is 12.1 Å². The molecular weight excluding hydrogens is 354 g/mol. The second kappa shape index (κ2) is 10.3. The standard InChI is InChI=1S/C20H20ClNO4/c1-25-17-11-9-16(10-12-17)19(18(23)8-5-13-21)22-20(24)26-14-15-6-3-2-4-7-15/h2-12,19H,13-14H2,1H3,(H,22,24)/b8-5+/t19-/m1/s1. The minimum absolute atomic E-state index is 0.119. The van der Waals surface area contributed by atoms with E-state index in [0.29, 0.717) is 11.3 Å². The highest BCUT2D eigenvalue weighted by molar-refractivity contribution is 6.19. The van der Waals surface area contributed by atoms with E-state index in [-0.39, 0.29) is 18.3 Å². The number of amides is 1. The van der Waals surface area contributed by atoms with Crippen LogP contribution in [-0.4, -0.2) is 24.9 Å². The van der Waals surface area contributed by atoms with Gasteiger partial charge in [0.25, 0.3) is 0 Å². The van der Waals surface area contributed by atoms with Gasteiger partial charge in [0.05, 0.1) is 7.11 Å². The Morgan fingerprint density at radius 1 is 1.12 bits per heavy atom. The molecule has 136 valence electrons. The lowest BCUT2D eigenvalue weighted by Crippen LogP contribution is -2.33. The van der Waals surface area contributed by atoms with Crippen molar-refractivity contribution in [1.82, 2.24) is 5.32 Å². The normalized spacial score (nSPS) is 11.8. The van der Waals surface area contributed by atoms with Crippen molar-refractivity contribution in [1.29, 1.82) is 0 Å². The molecule has 1 N–H and O–H groups in total. The van der Waals surface area contributed by atoms with Crippen molar-refractivity contribution in [3.8, 4) is 5.75 Å². The summed E-state index contributed by atoms with van der Waals surface area (Å²) in [5.41, 5.74) is 1.48. The summed E-state index contributed by atoms with van der Waals surface area (Å²) in [5.74, 6) is 0.565. The number of hydrogen-bond donors (Lipinski definition) is 1. The number of alkyl carbamates (subject to hydrolysis) is 1. The van der Waals surface area contributed by atoms with Gasteiger partial charge in [-0.2, -0.15) is 0 Å². The summed E-state index contributed by atoms with van der Waals surface area (Å²) < 4.78 is 10.3. The highest BCUT2D eigenvalue weighted by Gasteiger charge is 2.21. The average molecular weight is 374 g/mol. The molecule has 1 atom stereocenters. The minimum atomic E-state index is -0.872. The van der Waals surface area contributed by atoms with Gasteiger partial charge in [-0.05, 0) is 29.3 Å². The van der Waals surface area contributed by atoms with Crippen LogP contribution in [0.4, 0.5) is 4.79 Å². The Kier molecular flexibility index (Phi) is 7.71. The molecule has 0 spiro atoms. The molecule has 26 heavy (non-hydrogen) atoms. The number of rotatable bonds is 8. The Bertz CT molecular complexity index is 744. The molecule has 1 amide bonds. The van der Waals surface area contributed by atoms with E-state index in [2.05, 4.69) is 5.32 Å². The van der Waals surface area contributed by atoms with Gasteiger partial charge in [0, 0.05) is 5.88 Å². The predicted molar refractivity (Wildman–Crippen MR) is 100 cm³/mol. The van der Waals surface area contributed by atoms with Gasteiger partial charge in [0.2, 0.25) is 0 Å². The molecule has 0 radical (unpaired) electrons. The van der Waals surface area contributed by atoms with Gasteiger partial charge >= 0.3 is 6.09 Å². The number of ether oxygens (including phenoxy) is 2. The van der Waals surface area contributed by atoms with E-state index in [1.807, 2.05) is 30.3 Å². The molecule has 0 heterocycles. The summed E-state index contributed by atoms with van der Waals surface area (Å²) in [6.45, 7) is 0.119. The lowest BCUT2D eigenvalue weighted by Gasteiger charge is -2.17. The second-order valence-electron chi connectivity index (χ2n) is 5.37. The number of nitrogens with one attached hydrogen (secondary N) is 1. The first kappa shape index (κ1) is 19.5. The Balaban J connectivity index is 2.08. The van der Waals surface area contributed by atoms with Crippen molar-refractivity contribution in [2.24, 2.45) is 0 Å². The molecule has 0 saturated carbocycles. The quantitative estimate of drug-likeness (QED) is 0.560. The highest BCUT2D eigenvalue weighted by Crippen LogP contribution is 2.19. The zero-order chi connectivity index (χ0) is 18.8. The van der Waals surface area contributed by atoms with Crippen LogP contribution in [0.5, 0.6) is 5.75 Å². The van der Waals surface area contributed by atoms with Gasteiger partial charge in [-0.25, -0.2) is 4.79 Å². The summed E-state index contributed by atoms with van der Waals surface area (Å²) in [7, 11) is 1.56. The Labute approximate surface area is 157 Å². The first-order valence-electron chi connectivity index (χ1n) is 8.01. The molecule has 5 nitrogen and oxygen atoms in total.